The lowest BCUT2D eigenvalue weighted by molar-refractivity contribution is 0.193. The molecule has 0 spiro atoms. The lowest BCUT2D eigenvalue weighted by Crippen LogP contribution is -2.20. The molecular weight excluding hydrogens is 265 g/mol. The summed E-state index contributed by atoms with van der Waals surface area (Å²) in [5.74, 6) is 3.20. The maximum Gasteiger partial charge on any atom is 0.123 e. The highest BCUT2D eigenvalue weighted by Crippen LogP contribution is 2.48. The van der Waals surface area contributed by atoms with Crippen LogP contribution in [0.3, 0.4) is 0 Å². The molecule has 3 heteroatoms. The summed E-state index contributed by atoms with van der Waals surface area (Å²) in [7, 11) is 0. The first-order valence-corrected chi connectivity index (χ1v) is 8.38. The van der Waals surface area contributed by atoms with E-state index in [9.17, 15) is 4.39 Å². The van der Waals surface area contributed by atoms with Crippen LogP contribution in [0.4, 0.5) is 4.39 Å². The largest absolute Gasteiger partial charge is 0.493 e. The van der Waals surface area contributed by atoms with Gasteiger partial charge in [0.1, 0.15) is 11.6 Å². The summed E-state index contributed by atoms with van der Waals surface area (Å²) < 4.78 is 19.5. The van der Waals surface area contributed by atoms with E-state index in [1.54, 1.807) is 12.1 Å². The molecule has 2 bridgehead atoms. The SMILES string of the molecule is CCCNCc1cc(F)ccc1OCC1CC2CCC1C2. The van der Waals surface area contributed by atoms with E-state index in [1.807, 2.05) is 0 Å². The van der Waals surface area contributed by atoms with Gasteiger partial charge in [0.2, 0.25) is 0 Å². The summed E-state index contributed by atoms with van der Waals surface area (Å²) in [6.45, 7) is 4.55. The molecule has 2 fully saturated rings. The Morgan fingerprint density at radius 1 is 1.29 bits per heavy atom. The predicted octanol–water partition coefficient (Wildman–Crippen LogP) is 4.14. The zero-order valence-corrected chi connectivity index (χ0v) is 12.9. The predicted molar refractivity (Wildman–Crippen MR) is 82.8 cm³/mol. The molecule has 1 N–H and O–H groups in total. The highest BCUT2D eigenvalue weighted by atomic mass is 19.1. The maximum absolute atomic E-state index is 13.4. The molecular formula is C18H26FNO. The summed E-state index contributed by atoms with van der Waals surface area (Å²) in [6.07, 6.45) is 6.62. The molecule has 21 heavy (non-hydrogen) atoms. The van der Waals surface area contributed by atoms with E-state index in [4.69, 9.17) is 4.74 Å². The highest BCUT2D eigenvalue weighted by molar-refractivity contribution is 5.34. The number of hydrogen-bond donors (Lipinski definition) is 1. The average Bonchev–Trinajstić information content (AvgIpc) is 3.09. The van der Waals surface area contributed by atoms with Gasteiger partial charge in [-0.25, -0.2) is 4.39 Å². The van der Waals surface area contributed by atoms with E-state index in [2.05, 4.69) is 12.2 Å². The summed E-state index contributed by atoms with van der Waals surface area (Å²) in [4.78, 5) is 0. The van der Waals surface area contributed by atoms with Crippen LogP contribution in [0, 0.1) is 23.6 Å². The van der Waals surface area contributed by atoms with E-state index in [0.29, 0.717) is 12.5 Å². The molecule has 2 aliphatic rings. The average molecular weight is 291 g/mol. The number of benzene rings is 1. The van der Waals surface area contributed by atoms with Gasteiger partial charge in [-0.2, -0.15) is 0 Å². The van der Waals surface area contributed by atoms with Gasteiger partial charge in [0.05, 0.1) is 6.61 Å². The van der Waals surface area contributed by atoms with Crippen molar-refractivity contribution in [3.63, 3.8) is 0 Å². The van der Waals surface area contributed by atoms with Crippen molar-refractivity contribution in [2.75, 3.05) is 13.2 Å². The smallest absolute Gasteiger partial charge is 0.123 e. The fraction of sp³-hybridized carbons (Fsp3) is 0.667. The number of halogens is 1. The summed E-state index contributed by atoms with van der Waals surface area (Å²) >= 11 is 0. The Hall–Kier alpha value is -1.09. The Morgan fingerprint density at radius 2 is 2.19 bits per heavy atom. The van der Waals surface area contributed by atoms with Gasteiger partial charge in [0.15, 0.2) is 0 Å². The van der Waals surface area contributed by atoms with Crippen molar-refractivity contribution in [3.05, 3.63) is 29.6 Å². The number of rotatable bonds is 7. The fourth-order valence-electron chi connectivity index (χ4n) is 4.00. The Kier molecular flexibility index (Phi) is 4.79. The van der Waals surface area contributed by atoms with Crippen molar-refractivity contribution < 1.29 is 9.13 Å². The second-order valence-electron chi connectivity index (χ2n) is 6.67. The van der Waals surface area contributed by atoms with Gasteiger partial charge in [-0.1, -0.05) is 13.3 Å². The molecule has 1 aromatic rings. The van der Waals surface area contributed by atoms with Crippen LogP contribution in [0.2, 0.25) is 0 Å². The Morgan fingerprint density at radius 3 is 2.90 bits per heavy atom. The van der Waals surface area contributed by atoms with Crippen molar-refractivity contribution >= 4 is 0 Å². The van der Waals surface area contributed by atoms with Gasteiger partial charge in [-0.05, 0) is 68.2 Å². The van der Waals surface area contributed by atoms with E-state index < -0.39 is 0 Å². The molecule has 0 heterocycles. The van der Waals surface area contributed by atoms with Crippen LogP contribution in [0.25, 0.3) is 0 Å². The van der Waals surface area contributed by atoms with E-state index in [-0.39, 0.29) is 5.82 Å². The first kappa shape index (κ1) is 14.8. The monoisotopic (exact) mass is 291 g/mol. The molecule has 0 aromatic heterocycles. The minimum absolute atomic E-state index is 0.185. The van der Waals surface area contributed by atoms with Crippen LogP contribution >= 0.6 is 0 Å². The number of hydrogen-bond acceptors (Lipinski definition) is 2. The summed E-state index contributed by atoms with van der Waals surface area (Å²) in [5, 5.41) is 3.33. The fourth-order valence-corrected chi connectivity index (χ4v) is 4.00. The van der Waals surface area contributed by atoms with Crippen LogP contribution in [0.5, 0.6) is 5.75 Å². The maximum atomic E-state index is 13.4. The normalized spacial score (nSPS) is 27.2. The Bertz CT molecular complexity index is 476. The first-order valence-electron chi connectivity index (χ1n) is 8.38. The van der Waals surface area contributed by atoms with Gasteiger partial charge in [0.25, 0.3) is 0 Å². The molecule has 2 nitrogen and oxygen atoms in total. The Labute approximate surface area is 127 Å². The third-order valence-corrected chi connectivity index (χ3v) is 5.10. The van der Waals surface area contributed by atoms with Crippen molar-refractivity contribution in [1.29, 1.82) is 0 Å². The first-order chi connectivity index (χ1) is 10.3. The molecule has 1 aromatic carbocycles. The van der Waals surface area contributed by atoms with Crippen LogP contribution in [0.15, 0.2) is 18.2 Å². The third kappa shape index (κ3) is 3.57. The number of nitrogens with one attached hydrogen (secondary N) is 1. The molecule has 3 atom stereocenters. The van der Waals surface area contributed by atoms with E-state index >= 15 is 0 Å². The Balaban J connectivity index is 1.58. The minimum Gasteiger partial charge on any atom is -0.493 e. The molecule has 116 valence electrons. The second-order valence-corrected chi connectivity index (χ2v) is 6.67. The lowest BCUT2D eigenvalue weighted by atomic mass is 9.89. The van der Waals surface area contributed by atoms with Gasteiger partial charge in [0, 0.05) is 12.1 Å². The molecule has 2 saturated carbocycles. The highest BCUT2D eigenvalue weighted by Gasteiger charge is 2.39. The molecule has 0 amide bonds. The molecule has 0 saturated heterocycles. The van der Waals surface area contributed by atoms with Crippen LogP contribution < -0.4 is 10.1 Å². The summed E-state index contributed by atoms with van der Waals surface area (Å²) in [5.41, 5.74) is 0.937. The molecule has 3 rings (SSSR count). The standard InChI is InChI=1S/C18H26FNO/c1-2-7-20-11-15-10-17(19)5-6-18(15)21-12-16-9-13-3-4-14(16)8-13/h5-6,10,13-14,16,20H,2-4,7-9,11-12H2,1H3. The molecule has 0 aliphatic heterocycles. The topological polar surface area (TPSA) is 21.3 Å². The number of fused-ring (bicyclic) bond motifs is 2. The molecule has 0 radical (unpaired) electrons. The lowest BCUT2D eigenvalue weighted by Gasteiger charge is -2.22. The summed E-state index contributed by atoms with van der Waals surface area (Å²) in [6, 6.07) is 4.88. The third-order valence-electron chi connectivity index (χ3n) is 5.10. The minimum atomic E-state index is -0.185. The molecule has 2 aliphatic carbocycles. The van der Waals surface area contributed by atoms with Crippen molar-refractivity contribution in [2.45, 2.75) is 45.6 Å². The van der Waals surface area contributed by atoms with Gasteiger partial charge >= 0.3 is 0 Å². The molecule has 3 unspecified atom stereocenters. The second kappa shape index (κ2) is 6.78. The van der Waals surface area contributed by atoms with Gasteiger partial charge < -0.3 is 10.1 Å². The van der Waals surface area contributed by atoms with E-state index in [0.717, 1.165) is 42.7 Å². The number of ether oxygens (including phenoxy) is 1. The van der Waals surface area contributed by atoms with Gasteiger partial charge in [-0.15, -0.1) is 0 Å². The van der Waals surface area contributed by atoms with Crippen molar-refractivity contribution in [3.8, 4) is 5.75 Å². The van der Waals surface area contributed by atoms with Crippen LogP contribution in [-0.2, 0) is 6.54 Å². The van der Waals surface area contributed by atoms with Crippen molar-refractivity contribution in [1.82, 2.24) is 5.32 Å². The zero-order chi connectivity index (χ0) is 14.7. The quantitative estimate of drug-likeness (QED) is 0.762. The van der Waals surface area contributed by atoms with Gasteiger partial charge in [-0.3, -0.25) is 0 Å². The van der Waals surface area contributed by atoms with E-state index in [1.165, 1.54) is 31.7 Å². The van der Waals surface area contributed by atoms with Crippen molar-refractivity contribution in [2.24, 2.45) is 17.8 Å². The zero-order valence-electron chi connectivity index (χ0n) is 12.9. The van der Waals surface area contributed by atoms with Crippen LogP contribution in [-0.4, -0.2) is 13.2 Å². The van der Waals surface area contributed by atoms with Crippen LogP contribution in [0.1, 0.15) is 44.6 Å².